The van der Waals surface area contributed by atoms with Crippen LogP contribution in [0.2, 0.25) is 0 Å². The van der Waals surface area contributed by atoms with E-state index in [4.69, 9.17) is 0 Å². The Morgan fingerprint density at radius 2 is 0.674 bits per heavy atom. The molecule has 0 atom stereocenters. The summed E-state index contributed by atoms with van der Waals surface area (Å²) in [7, 11) is -7.53. The van der Waals surface area contributed by atoms with Crippen molar-refractivity contribution in [3.63, 3.8) is 0 Å². The molecule has 43 heavy (non-hydrogen) atoms. The molecule has 1 rings (SSSR count). The number of halogens is 23. The molecule has 0 saturated carbocycles. The topological polar surface area (TPSA) is 57.2 Å². The zero-order valence-corrected chi connectivity index (χ0v) is 21.6. The Morgan fingerprint density at radius 1 is 0.419 bits per heavy atom. The largest absolute Gasteiger partial charge is 1.00 e. The van der Waals surface area contributed by atoms with Gasteiger partial charge in [-0.25, -0.2) is 26.0 Å². The zero-order chi connectivity index (χ0) is 34.5. The van der Waals surface area contributed by atoms with Crippen molar-refractivity contribution >= 4 is 10.1 Å². The van der Waals surface area contributed by atoms with Crippen LogP contribution in [0.5, 0.6) is 0 Å². The molecule has 246 valence electrons. The number of benzene rings is 1. The molecule has 0 amide bonds. The van der Waals surface area contributed by atoms with Crippen molar-refractivity contribution in [1.82, 2.24) is 0 Å². The van der Waals surface area contributed by atoms with Crippen LogP contribution in [0.15, 0.2) is 4.90 Å². The van der Waals surface area contributed by atoms with Gasteiger partial charge >= 0.3 is 83.1 Å². The van der Waals surface area contributed by atoms with Crippen molar-refractivity contribution in [3.8, 4) is 0 Å². The van der Waals surface area contributed by atoms with E-state index in [1.165, 1.54) is 0 Å². The van der Waals surface area contributed by atoms with Gasteiger partial charge in [0.25, 0.3) is 0 Å². The summed E-state index contributed by atoms with van der Waals surface area (Å²) >= 11 is 0. The maximum Gasteiger partial charge on any atom is 1.00 e. The average molecular weight is 720 g/mol. The molecule has 3 nitrogen and oxygen atoms in total. The van der Waals surface area contributed by atoms with Crippen molar-refractivity contribution in [3.05, 3.63) is 28.8 Å². The van der Waals surface area contributed by atoms with Crippen molar-refractivity contribution in [2.24, 2.45) is 0 Å². The minimum absolute atomic E-state index is 0. The summed E-state index contributed by atoms with van der Waals surface area (Å²) in [5.74, 6) is -88.5. The van der Waals surface area contributed by atoms with Gasteiger partial charge in [0.05, 0.1) is 5.56 Å². The third-order valence-electron chi connectivity index (χ3n) is 4.90. The van der Waals surface area contributed by atoms with Gasteiger partial charge in [-0.1, -0.05) is 0 Å². The summed E-state index contributed by atoms with van der Waals surface area (Å²) in [6.45, 7) is 0. The maximum absolute atomic E-state index is 14.3. The molecule has 28 heteroatoms. The van der Waals surface area contributed by atoms with Gasteiger partial charge < -0.3 is 4.55 Å². The van der Waals surface area contributed by atoms with E-state index in [-0.39, 0.29) is 29.6 Å². The first kappa shape index (κ1) is 41.5. The van der Waals surface area contributed by atoms with Crippen LogP contribution in [0.3, 0.4) is 0 Å². The second-order valence-corrected chi connectivity index (χ2v) is 8.82. The summed E-state index contributed by atoms with van der Waals surface area (Å²) < 4.78 is 340. The molecule has 0 bridgehead atoms. The van der Waals surface area contributed by atoms with E-state index >= 15 is 0 Å². The Bertz CT molecular complexity index is 1350. The predicted molar refractivity (Wildman–Crippen MR) is 78.8 cm³/mol. The van der Waals surface area contributed by atoms with Crippen LogP contribution < -0.4 is 29.6 Å². The molecule has 0 unspecified atom stereocenters. The van der Waals surface area contributed by atoms with Gasteiger partial charge in [0, 0.05) is 0 Å². The van der Waals surface area contributed by atoms with E-state index in [1.807, 2.05) is 0 Å². The van der Waals surface area contributed by atoms with Crippen molar-refractivity contribution in [1.29, 1.82) is 0 Å². The molecule has 0 fully saturated rings. The summed E-state index contributed by atoms with van der Waals surface area (Å²) in [6.07, 6.45) is -8.14. The fourth-order valence-electron chi connectivity index (χ4n) is 2.64. The van der Waals surface area contributed by atoms with E-state index in [0.717, 1.165) is 0 Å². The van der Waals surface area contributed by atoms with Crippen LogP contribution in [-0.4, -0.2) is 60.6 Å². The smallest absolute Gasteiger partial charge is 0.744 e. The number of alkyl halides is 19. The Labute approximate surface area is 241 Å². The zero-order valence-electron chi connectivity index (χ0n) is 18.8. The van der Waals surface area contributed by atoms with Gasteiger partial charge in [0.1, 0.15) is 15.0 Å². The minimum Gasteiger partial charge on any atom is -0.744 e. The van der Waals surface area contributed by atoms with Gasteiger partial charge in [0.15, 0.2) is 23.3 Å². The molecule has 1 aromatic carbocycles. The summed E-state index contributed by atoms with van der Waals surface area (Å²) in [5, 5.41) is 0. The molecule has 0 N–H and O–H groups in total. The summed E-state index contributed by atoms with van der Waals surface area (Å²) in [4.78, 5) is -4.17. The first-order valence-corrected chi connectivity index (χ1v) is 10.2. The molecular weight excluding hydrogens is 720 g/mol. The van der Waals surface area contributed by atoms with Crippen molar-refractivity contribution in [2.75, 3.05) is 0 Å². The van der Waals surface area contributed by atoms with E-state index in [2.05, 4.69) is 0 Å². The first-order valence-electron chi connectivity index (χ1n) is 8.80. The van der Waals surface area contributed by atoms with E-state index in [9.17, 15) is 114 Å². The van der Waals surface area contributed by atoms with Crippen LogP contribution in [0, 0.1) is 23.3 Å². The van der Waals surface area contributed by atoms with Crippen LogP contribution in [0.4, 0.5) is 101 Å². The maximum atomic E-state index is 14.3. The van der Waals surface area contributed by atoms with Crippen molar-refractivity contribution < 1.29 is 144 Å². The summed E-state index contributed by atoms with van der Waals surface area (Å²) in [5.41, 5.74) is -4.72. The molecule has 0 aliphatic rings. The van der Waals surface area contributed by atoms with Crippen LogP contribution in [0.1, 0.15) is 5.56 Å². The fourth-order valence-corrected chi connectivity index (χ4v) is 3.42. The Kier molecular flexibility index (Phi) is 10.4. The predicted octanol–water partition coefficient (Wildman–Crippen LogP) is 4.25. The molecule has 1 aromatic rings. The Hall–Kier alpha value is -1.48. The van der Waals surface area contributed by atoms with E-state index < -0.39 is 97.4 Å². The normalized spacial score (nSPS) is 15.4. The molecule has 0 spiro atoms. The second-order valence-electron chi connectivity index (χ2n) is 7.51. The molecule has 0 aliphatic carbocycles. The average Bonchev–Trinajstić information content (AvgIpc) is 2.76. The second kappa shape index (κ2) is 10.8. The van der Waals surface area contributed by atoms with Gasteiger partial charge in [-0.2, -0.15) is 83.4 Å². The third kappa shape index (κ3) is 5.30. The van der Waals surface area contributed by atoms with Crippen LogP contribution in [-0.2, 0) is 16.0 Å². The first-order chi connectivity index (χ1) is 17.9. The van der Waals surface area contributed by atoms with Gasteiger partial charge in [-0.3, -0.25) is 0 Å². The molecule has 0 heterocycles. The van der Waals surface area contributed by atoms with Gasteiger partial charge in [-0.05, 0) is 0 Å². The van der Waals surface area contributed by atoms with Crippen LogP contribution in [0.25, 0.3) is 0 Å². The van der Waals surface area contributed by atoms with Crippen molar-refractivity contribution in [2.45, 2.75) is 58.5 Å². The third-order valence-corrected chi connectivity index (χ3v) is 5.79. The molecule has 0 saturated heterocycles. The summed E-state index contributed by atoms with van der Waals surface area (Å²) in [6, 6.07) is 0. The Morgan fingerprint density at radius 3 is 0.953 bits per heavy atom. The Balaban J connectivity index is 0.0000176. The van der Waals surface area contributed by atoms with Crippen LogP contribution >= 0.6 is 0 Å². The minimum atomic E-state index is -9.44. The van der Waals surface area contributed by atoms with Gasteiger partial charge in [0.2, 0.25) is 0 Å². The van der Waals surface area contributed by atoms with E-state index in [0.29, 0.717) is 0 Å². The van der Waals surface area contributed by atoms with E-state index in [1.54, 1.807) is 0 Å². The number of hydrogen-bond acceptors (Lipinski definition) is 3. The number of hydrogen-bond donors (Lipinski definition) is 0. The monoisotopic (exact) mass is 720 g/mol. The SMILES string of the molecule is O=S(=O)([O-])c1c(F)c(F)c(F)c(F)c1C(F)(F)C(F)(F)C(F)(F)C(F)(F)C(F)(F)C(F)(F)C(F)(F)C(F)(F)C(F)(F)F.[Na+]. The quantitative estimate of drug-likeness (QED) is 0.126. The number of rotatable bonds is 9. The molecule has 0 aromatic heterocycles. The molecular formula is C15F23NaO3S. The molecule has 0 radical (unpaired) electrons. The molecule has 0 aliphatic heterocycles. The standard InChI is InChI=1S/C15HF23O3S.Na/c16-2-1(6(42(39,40)41)5(19)4(18)3(2)17)7(20,21)8(22,23)9(24,25)10(26,27)11(28,29)12(30,31)13(32,33)14(34,35)15(36,37)38;/h(H,39,40,41);/q;+1/p-1. The van der Waals surface area contributed by atoms with Gasteiger partial charge in [-0.15, -0.1) is 0 Å². The fraction of sp³-hybridized carbons (Fsp3) is 0.600.